The Kier molecular flexibility index (Phi) is 4.05. The van der Waals surface area contributed by atoms with Crippen LogP contribution in [0.2, 0.25) is 0 Å². The minimum Gasteiger partial charge on any atom is -0.450 e. The Morgan fingerprint density at radius 1 is 1.59 bits per heavy atom. The molecule has 1 amide bonds. The first-order valence-electron chi connectivity index (χ1n) is 5.88. The molecule has 1 aromatic carbocycles. The molecule has 1 unspecified atom stereocenters. The van der Waals surface area contributed by atoms with Crippen molar-refractivity contribution < 1.29 is 9.53 Å². The molecule has 2 rings (SSSR count). The highest BCUT2D eigenvalue weighted by atomic mass is 79.9. The van der Waals surface area contributed by atoms with Gasteiger partial charge in [-0.2, -0.15) is 0 Å². The Bertz CT molecular complexity index is 408. The maximum Gasteiger partial charge on any atom is 0.409 e. The fourth-order valence-corrected chi connectivity index (χ4v) is 2.59. The second kappa shape index (κ2) is 5.54. The quantitative estimate of drug-likeness (QED) is 0.837. The van der Waals surface area contributed by atoms with E-state index in [0.717, 1.165) is 24.0 Å². The summed E-state index contributed by atoms with van der Waals surface area (Å²) in [6.45, 7) is 3.82. The van der Waals surface area contributed by atoms with Crippen LogP contribution in [0.5, 0.6) is 0 Å². The average molecular weight is 298 g/mol. The van der Waals surface area contributed by atoms with Crippen molar-refractivity contribution in [3.63, 3.8) is 0 Å². The van der Waals surface area contributed by atoms with Crippen LogP contribution in [0.15, 0.2) is 28.7 Å². The van der Waals surface area contributed by atoms with Crippen molar-refractivity contribution in [2.45, 2.75) is 19.3 Å². The predicted molar refractivity (Wildman–Crippen MR) is 70.1 cm³/mol. The molecular formula is C13H16BrNO2. The molecule has 4 heteroatoms. The number of likely N-dealkylation sites (tertiary alicyclic amines) is 1. The third kappa shape index (κ3) is 3.00. The summed E-state index contributed by atoms with van der Waals surface area (Å²) in [5.41, 5.74) is 1.28. The third-order valence-electron chi connectivity index (χ3n) is 3.03. The summed E-state index contributed by atoms with van der Waals surface area (Å²) < 4.78 is 6.10. The zero-order valence-electron chi connectivity index (χ0n) is 9.86. The van der Waals surface area contributed by atoms with Gasteiger partial charge in [0.15, 0.2) is 0 Å². The number of hydrogen-bond acceptors (Lipinski definition) is 2. The fraction of sp³-hybridized carbons (Fsp3) is 0.462. The maximum absolute atomic E-state index is 11.6. The van der Waals surface area contributed by atoms with Gasteiger partial charge in [-0.3, -0.25) is 0 Å². The highest BCUT2D eigenvalue weighted by Crippen LogP contribution is 2.29. The molecule has 0 saturated carbocycles. The molecule has 1 fully saturated rings. The summed E-state index contributed by atoms with van der Waals surface area (Å²) in [4.78, 5) is 13.4. The van der Waals surface area contributed by atoms with Gasteiger partial charge in [-0.15, -0.1) is 0 Å². The molecule has 17 heavy (non-hydrogen) atoms. The lowest BCUT2D eigenvalue weighted by Gasteiger charge is -2.15. The van der Waals surface area contributed by atoms with Crippen LogP contribution in [0.25, 0.3) is 0 Å². The highest BCUT2D eigenvalue weighted by Gasteiger charge is 2.27. The number of carbonyl (C=O) groups excluding carboxylic acids is 1. The minimum absolute atomic E-state index is 0.190. The SMILES string of the molecule is CCOC(=O)N1CCC(c2cccc(Br)c2)C1. The van der Waals surface area contributed by atoms with Gasteiger partial charge in [0.25, 0.3) is 0 Å². The lowest BCUT2D eigenvalue weighted by atomic mass is 9.99. The van der Waals surface area contributed by atoms with Gasteiger partial charge in [0.05, 0.1) is 6.61 Å². The number of amides is 1. The first-order chi connectivity index (χ1) is 8.20. The lowest BCUT2D eigenvalue weighted by molar-refractivity contribution is 0.115. The number of carbonyl (C=O) groups is 1. The van der Waals surface area contributed by atoms with Gasteiger partial charge in [0.2, 0.25) is 0 Å². The van der Waals surface area contributed by atoms with E-state index >= 15 is 0 Å². The largest absolute Gasteiger partial charge is 0.450 e. The molecular weight excluding hydrogens is 282 g/mol. The zero-order chi connectivity index (χ0) is 12.3. The Hall–Kier alpha value is -1.03. The summed E-state index contributed by atoms with van der Waals surface area (Å²) >= 11 is 3.47. The van der Waals surface area contributed by atoms with Crippen molar-refractivity contribution in [3.8, 4) is 0 Å². The van der Waals surface area contributed by atoms with Gasteiger partial charge in [-0.1, -0.05) is 28.1 Å². The van der Waals surface area contributed by atoms with Gasteiger partial charge in [0.1, 0.15) is 0 Å². The zero-order valence-corrected chi connectivity index (χ0v) is 11.4. The molecule has 0 aliphatic carbocycles. The number of benzene rings is 1. The molecule has 1 aromatic rings. The third-order valence-corrected chi connectivity index (χ3v) is 3.53. The van der Waals surface area contributed by atoms with E-state index in [1.165, 1.54) is 5.56 Å². The van der Waals surface area contributed by atoms with Crippen LogP contribution < -0.4 is 0 Å². The van der Waals surface area contributed by atoms with Gasteiger partial charge in [0, 0.05) is 23.5 Å². The lowest BCUT2D eigenvalue weighted by Crippen LogP contribution is -2.29. The molecule has 0 radical (unpaired) electrons. The van der Waals surface area contributed by atoms with Gasteiger partial charge in [-0.05, 0) is 31.0 Å². The Morgan fingerprint density at radius 3 is 3.12 bits per heavy atom. The van der Waals surface area contributed by atoms with Crippen LogP contribution in [0.1, 0.15) is 24.8 Å². The van der Waals surface area contributed by atoms with Crippen LogP contribution in [0, 0.1) is 0 Å². The summed E-state index contributed by atoms with van der Waals surface area (Å²) in [6.07, 6.45) is 0.819. The van der Waals surface area contributed by atoms with Crippen LogP contribution >= 0.6 is 15.9 Å². The average Bonchev–Trinajstić information content (AvgIpc) is 2.78. The van der Waals surface area contributed by atoms with E-state index in [0.29, 0.717) is 12.5 Å². The fourth-order valence-electron chi connectivity index (χ4n) is 2.17. The molecule has 0 bridgehead atoms. The standard InChI is InChI=1S/C13H16BrNO2/c1-2-17-13(16)15-7-6-11(9-15)10-4-3-5-12(14)8-10/h3-5,8,11H,2,6-7,9H2,1H3. The van der Waals surface area contributed by atoms with E-state index in [-0.39, 0.29) is 6.09 Å². The molecule has 3 nitrogen and oxygen atoms in total. The Labute approximate surface area is 110 Å². The maximum atomic E-state index is 11.6. The van der Waals surface area contributed by atoms with Crippen LogP contribution in [0.3, 0.4) is 0 Å². The van der Waals surface area contributed by atoms with Crippen molar-refractivity contribution in [3.05, 3.63) is 34.3 Å². The smallest absolute Gasteiger partial charge is 0.409 e. The number of rotatable bonds is 2. The van der Waals surface area contributed by atoms with E-state index in [2.05, 4.69) is 28.1 Å². The summed E-state index contributed by atoms with van der Waals surface area (Å²) in [6, 6.07) is 8.29. The summed E-state index contributed by atoms with van der Waals surface area (Å²) in [5.74, 6) is 0.428. The van der Waals surface area contributed by atoms with E-state index in [4.69, 9.17) is 4.74 Å². The van der Waals surface area contributed by atoms with Crippen molar-refractivity contribution in [1.29, 1.82) is 0 Å². The number of hydrogen-bond donors (Lipinski definition) is 0. The number of halogens is 1. The first-order valence-corrected chi connectivity index (χ1v) is 6.67. The first kappa shape index (κ1) is 12.4. The summed E-state index contributed by atoms with van der Waals surface area (Å²) in [5, 5.41) is 0. The number of nitrogens with zero attached hydrogens (tertiary/aromatic N) is 1. The van der Waals surface area contributed by atoms with Gasteiger partial charge in [-0.25, -0.2) is 4.79 Å². The normalized spacial score (nSPS) is 19.4. The van der Waals surface area contributed by atoms with Crippen LogP contribution in [-0.2, 0) is 4.74 Å². The summed E-state index contributed by atoms with van der Waals surface area (Å²) in [7, 11) is 0. The number of ether oxygens (including phenoxy) is 1. The van der Waals surface area contributed by atoms with Gasteiger partial charge >= 0.3 is 6.09 Å². The van der Waals surface area contributed by atoms with E-state index in [9.17, 15) is 4.79 Å². The molecule has 0 N–H and O–H groups in total. The van der Waals surface area contributed by atoms with Crippen molar-refractivity contribution >= 4 is 22.0 Å². The molecule has 1 saturated heterocycles. The van der Waals surface area contributed by atoms with Crippen molar-refractivity contribution in [1.82, 2.24) is 4.90 Å². The minimum atomic E-state index is -0.190. The molecule has 92 valence electrons. The molecule has 0 aromatic heterocycles. The van der Waals surface area contributed by atoms with E-state index < -0.39 is 0 Å². The second-order valence-electron chi connectivity index (χ2n) is 4.19. The van der Waals surface area contributed by atoms with Crippen LogP contribution in [0.4, 0.5) is 4.79 Å². The molecule has 0 spiro atoms. The van der Waals surface area contributed by atoms with Crippen molar-refractivity contribution in [2.24, 2.45) is 0 Å². The van der Waals surface area contributed by atoms with Crippen LogP contribution in [-0.4, -0.2) is 30.7 Å². The molecule has 1 aliphatic rings. The van der Waals surface area contributed by atoms with Gasteiger partial charge < -0.3 is 9.64 Å². The molecule has 1 aliphatic heterocycles. The molecule has 1 heterocycles. The Morgan fingerprint density at radius 2 is 2.41 bits per heavy atom. The van der Waals surface area contributed by atoms with Crippen molar-refractivity contribution in [2.75, 3.05) is 19.7 Å². The Balaban J connectivity index is 2.00. The second-order valence-corrected chi connectivity index (χ2v) is 5.10. The topological polar surface area (TPSA) is 29.5 Å². The predicted octanol–water partition coefficient (Wildman–Crippen LogP) is 3.39. The monoisotopic (exact) mass is 297 g/mol. The van der Waals surface area contributed by atoms with E-state index in [1.54, 1.807) is 4.90 Å². The van der Waals surface area contributed by atoms with E-state index in [1.807, 2.05) is 19.1 Å². The highest BCUT2D eigenvalue weighted by molar-refractivity contribution is 9.10. The molecule has 1 atom stereocenters.